The van der Waals surface area contributed by atoms with Crippen LogP contribution in [0.1, 0.15) is 22.3 Å². The van der Waals surface area contributed by atoms with Crippen LogP contribution in [0.5, 0.6) is 0 Å². The number of hydrogen-bond acceptors (Lipinski definition) is 4. The summed E-state index contributed by atoms with van der Waals surface area (Å²) in [6.45, 7) is -0.285. The predicted octanol–water partition coefficient (Wildman–Crippen LogP) is 22.3. The first-order valence-corrected chi connectivity index (χ1v) is 34.1. The van der Waals surface area contributed by atoms with E-state index in [2.05, 4.69) is 376 Å². The number of rotatable bonds is 9. The third kappa shape index (κ3) is 8.81. The van der Waals surface area contributed by atoms with Gasteiger partial charge in [-0.05, 0) is 157 Å². The highest BCUT2D eigenvalue weighted by atomic mass is 15.2. The summed E-state index contributed by atoms with van der Waals surface area (Å²) in [5.74, 6) is 0. The van der Waals surface area contributed by atoms with Crippen LogP contribution in [0, 0.1) is 0 Å². The maximum Gasteiger partial charge on any atom is 0.252 e. The Morgan fingerprint density at radius 2 is 0.531 bits per heavy atom. The molecule has 6 heteroatoms. The van der Waals surface area contributed by atoms with E-state index >= 15 is 0 Å². The van der Waals surface area contributed by atoms with Crippen LogP contribution < -0.4 is 36.0 Å². The highest BCUT2D eigenvalue weighted by Gasteiger charge is 2.46. The average molecular weight is 1250 g/mol. The van der Waals surface area contributed by atoms with Crippen molar-refractivity contribution in [2.45, 2.75) is 12.8 Å². The standard InChI is InChI=1S/C92H62BN5/c1-5-25-61(26-6-1)63-45-49-71(50-46-63)94-88-59-86(97-80-39-19-13-33-67(80)53-68-34-14-20-40-81(68)97)76(65-29-9-3-10-30-65)57-78(88)93-79-58-77(66-31-11-4-12-32-66)87(98-82-41-21-15-35-69(82)54-70-36-16-22-42-83(70)98)60-89(79)95(72-51-47-64(48-52-72)62-27-7-2-8-28-62)91-56-73(55-90(94)92(91)93)96-84-43-23-17-37-74(84)75-38-18-24-44-85(75)96/h1-52,55-60H,53-54H2. The molecule has 0 fully saturated rings. The zero-order valence-electron chi connectivity index (χ0n) is 53.7. The van der Waals surface area contributed by atoms with Gasteiger partial charge in [0.1, 0.15) is 0 Å². The van der Waals surface area contributed by atoms with Crippen LogP contribution in [-0.4, -0.2) is 11.3 Å². The van der Waals surface area contributed by atoms with Crippen LogP contribution in [0.15, 0.2) is 352 Å². The molecule has 0 N–H and O–H groups in total. The normalized spacial score (nSPS) is 13.1. The second kappa shape index (κ2) is 22.5. The Labute approximate surface area is 571 Å². The molecule has 0 bridgehead atoms. The zero-order chi connectivity index (χ0) is 64.4. The Balaban J connectivity index is 0.953. The molecule has 16 aromatic rings. The van der Waals surface area contributed by atoms with Crippen molar-refractivity contribution in [1.82, 2.24) is 4.57 Å². The molecule has 0 saturated carbocycles. The minimum atomic E-state index is -0.285. The van der Waals surface area contributed by atoms with E-state index in [1.165, 1.54) is 83.3 Å². The van der Waals surface area contributed by atoms with E-state index in [9.17, 15) is 0 Å². The monoisotopic (exact) mass is 1250 g/mol. The molecule has 0 radical (unpaired) electrons. The van der Waals surface area contributed by atoms with E-state index in [1.54, 1.807) is 0 Å². The molecule has 20 rings (SSSR count). The largest absolute Gasteiger partial charge is 0.311 e. The highest BCUT2D eigenvalue weighted by Crippen LogP contribution is 2.55. The van der Waals surface area contributed by atoms with Crippen LogP contribution in [-0.2, 0) is 12.8 Å². The minimum absolute atomic E-state index is 0.285. The maximum absolute atomic E-state index is 2.62. The van der Waals surface area contributed by atoms with Crippen molar-refractivity contribution in [1.29, 1.82) is 0 Å². The van der Waals surface area contributed by atoms with Crippen LogP contribution in [0.4, 0.5) is 68.2 Å². The van der Waals surface area contributed by atoms with Gasteiger partial charge in [-0.3, -0.25) is 0 Å². The van der Waals surface area contributed by atoms with Crippen LogP contribution in [0.25, 0.3) is 72.0 Å². The first-order valence-electron chi connectivity index (χ1n) is 34.1. The molecule has 5 heterocycles. The fourth-order valence-electron chi connectivity index (χ4n) is 16.6. The first-order chi connectivity index (χ1) is 48.6. The fraction of sp³-hybridized carbons (Fsp3) is 0.0217. The number of nitrogens with zero attached hydrogens (tertiary/aromatic N) is 5. The van der Waals surface area contributed by atoms with Gasteiger partial charge >= 0.3 is 0 Å². The molecule has 4 aliphatic heterocycles. The molecule has 1 aromatic heterocycles. The number of aromatic nitrogens is 1. The van der Waals surface area contributed by atoms with Crippen molar-refractivity contribution >= 4 is 113 Å². The summed E-state index contributed by atoms with van der Waals surface area (Å²) in [7, 11) is 0. The smallest absolute Gasteiger partial charge is 0.252 e. The number of hydrogen-bond donors (Lipinski definition) is 0. The SMILES string of the molecule is c1ccc(-c2ccc(N3c4cc(N5c6ccccc6Cc6ccccc65)c(-c5ccccc5)cc4B4c5cc(-c6ccccc6)c(N6c7ccccc7Cc7ccccc76)cc5N(c5ccc(-c6ccccc6)cc5)c5cc(-n6c7ccccc7c7ccccc76)cc3c54)cc2)cc1. The molecule has 0 spiro atoms. The van der Waals surface area contributed by atoms with Crippen molar-refractivity contribution in [2.24, 2.45) is 0 Å². The van der Waals surface area contributed by atoms with Crippen molar-refractivity contribution in [2.75, 3.05) is 19.6 Å². The minimum Gasteiger partial charge on any atom is -0.311 e. The van der Waals surface area contributed by atoms with Gasteiger partial charge in [-0.15, -0.1) is 0 Å². The van der Waals surface area contributed by atoms with Crippen molar-refractivity contribution in [3.8, 4) is 50.2 Å². The summed E-state index contributed by atoms with van der Waals surface area (Å²) in [4.78, 5) is 10.4. The second-order valence-electron chi connectivity index (χ2n) is 26.3. The Morgan fingerprint density at radius 1 is 0.214 bits per heavy atom. The molecule has 0 unspecified atom stereocenters. The number of para-hydroxylation sites is 6. The molecule has 5 nitrogen and oxygen atoms in total. The Kier molecular flexibility index (Phi) is 12.8. The third-order valence-corrected chi connectivity index (χ3v) is 20.9. The van der Waals surface area contributed by atoms with Gasteiger partial charge in [0.15, 0.2) is 0 Å². The van der Waals surface area contributed by atoms with E-state index < -0.39 is 0 Å². The summed E-state index contributed by atoms with van der Waals surface area (Å²) in [5, 5.41) is 2.43. The van der Waals surface area contributed by atoms with Gasteiger partial charge in [0.2, 0.25) is 0 Å². The topological polar surface area (TPSA) is 17.9 Å². The third-order valence-electron chi connectivity index (χ3n) is 20.9. The van der Waals surface area contributed by atoms with E-state index in [-0.39, 0.29) is 6.71 Å². The lowest BCUT2D eigenvalue weighted by atomic mass is 9.33. The Bertz CT molecular complexity index is 5380. The van der Waals surface area contributed by atoms with Gasteiger partial charge in [-0.1, -0.05) is 267 Å². The van der Waals surface area contributed by atoms with Gasteiger partial charge in [-0.25, -0.2) is 0 Å². The van der Waals surface area contributed by atoms with Crippen LogP contribution >= 0.6 is 0 Å². The number of fused-ring (bicyclic) bond motifs is 11. The van der Waals surface area contributed by atoms with Crippen LogP contribution in [0.2, 0.25) is 0 Å². The number of benzene rings is 15. The first kappa shape index (κ1) is 55.8. The van der Waals surface area contributed by atoms with Gasteiger partial charge in [0, 0.05) is 91.6 Å². The molecule has 0 amide bonds. The molecule has 0 aliphatic carbocycles. The molecular weight excluding hydrogens is 1190 g/mol. The summed E-state index contributed by atoms with van der Waals surface area (Å²) in [6, 6.07) is 132. The summed E-state index contributed by atoms with van der Waals surface area (Å²) < 4.78 is 2.52. The van der Waals surface area contributed by atoms with Gasteiger partial charge in [0.25, 0.3) is 6.71 Å². The molecule has 98 heavy (non-hydrogen) atoms. The van der Waals surface area contributed by atoms with Gasteiger partial charge < -0.3 is 24.2 Å². The van der Waals surface area contributed by atoms with Crippen molar-refractivity contribution in [3.63, 3.8) is 0 Å². The van der Waals surface area contributed by atoms with Crippen molar-refractivity contribution in [3.05, 3.63) is 374 Å². The van der Waals surface area contributed by atoms with E-state index in [0.29, 0.717) is 0 Å². The van der Waals surface area contributed by atoms with Gasteiger partial charge in [0.05, 0.1) is 28.1 Å². The lowest BCUT2D eigenvalue weighted by Gasteiger charge is -2.46. The lowest BCUT2D eigenvalue weighted by molar-refractivity contribution is 1.09. The van der Waals surface area contributed by atoms with E-state index in [4.69, 9.17) is 0 Å². The molecule has 458 valence electrons. The van der Waals surface area contributed by atoms with E-state index in [1.807, 2.05) is 0 Å². The van der Waals surface area contributed by atoms with Crippen LogP contribution in [0.3, 0.4) is 0 Å². The highest BCUT2D eigenvalue weighted by molar-refractivity contribution is 7.00. The Hall–Kier alpha value is -12.6. The quantitative estimate of drug-likeness (QED) is 0.134. The summed E-state index contributed by atoms with van der Waals surface area (Å²) in [6.07, 6.45) is 1.70. The summed E-state index contributed by atoms with van der Waals surface area (Å²) in [5.41, 5.74) is 35.1. The van der Waals surface area contributed by atoms with E-state index in [0.717, 1.165) is 108 Å². The Morgan fingerprint density at radius 3 is 0.908 bits per heavy atom. The average Bonchev–Trinajstić information content (AvgIpc) is 0.743. The molecule has 4 aliphatic rings. The number of anilines is 12. The lowest BCUT2D eigenvalue weighted by Crippen LogP contribution is -2.61. The zero-order valence-corrected chi connectivity index (χ0v) is 53.7. The maximum atomic E-state index is 2.62. The fourth-order valence-corrected chi connectivity index (χ4v) is 16.6. The summed E-state index contributed by atoms with van der Waals surface area (Å²) >= 11 is 0. The molecule has 15 aromatic carbocycles. The predicted molar refractivity (Wildman–Crippen MR) is 412 cm³/mol. The molecular formula is C92H62BN5. The second-order valence-corrected chi connectivity index (χ2v) is 26.3. The van der Waals surface area contributed by atoms with Gasteiger partial charge in [-0.2, -0.15) is 0 Å². The molecule has 0 atom stereocenters. The van der Waals surface area contributed by atoms with Crippen molar-refractivity contribution < 1.29 is 0 Å². The molecule has 0 saturated heterocycles.